The van der Waals surface area contributed by atoms with E-state index in [1.807, 2.05) is 32.0 Å². The van der Waals surface area contributed by atoms with E-state index in [0.29, 0.717) is 17.9 Å². The van der Waals surface area contributed by atoms with Gasteiger partial charge < -0.3 is 14.5 Å². The average Bonchev–Trinajstić information content (AvgIpc) is 2.88. The molecule has 0 radical (unpaired) electrons. The van der Waals surface area contributed by atoms with Crippen molar-refractivity contribution in [2.24, 2.45) is 0 Å². The van der Waals surface area contributed by atoms with Gasteiger partial charge in [-0.2, -0.15) is 0 Å². The van der Waals surface area contributed by atoms with E-state index in [-0.39, 0.29) is 5.91 Å². The van der Waals surface area contributed by atoms with Gasteiger partial charge in [0.25, 0.3) is 5.91 Å². The number of amides is 1. The van der Waals surface area contributed by atoms with Crippen LogP contribution in [0.25, 0.3) is 0 Å². The molecule has 0 spiro atoms. The monoisotopic (exact) mass is 259 g/mol. The van der Waals surface area contributed by atoms with Gasteiger partial charge >= 0.3 is 0 Å². The highest BCUT2D eigenvalue weighted by molar-refractivity contribution is 5.97. The Hall–Kier alpha value is -2.23. The Morgan fingerprint density at radius 2 is 2.16 bits per heavy atom. The molecule has 1 aromatic heterocycles. The number of carbonyl (C=O) groups is 1. The minimum absolute atomic E-state index is 0.167. The van der Waals surface area contributed by atoms with Crippen LogP contribution in [0.5, 0.6) is 5.75 Å². The largest absolute Gasteiger partial charge is 0.496 e. The van der Waals surface area contributed by atoms with Crippen LogP contribution in [0.1, 0.15) is 27.2 Å². The van der Waals surface area contributed by atoms with Gasteiger partial charge in [0.05, 0.1) is 25.5 Å². The summed E-state index contributed by atoms with van der Waals surface area (Å²) in [5.74, 6) is 1.17. The Balaban J connectivity index is 2.18. The third kappa shape index (κ3) is 2.96. The fourth-order valence-corrected chi connectivity index (χ4v) is 2.07. The molecular weight excluding hydrogens is 242 g/mol. The number of hydrogen-bond acceptors (Lipinski definition) is 3. The maximum Gasteiger partial charge on any atom is 0.255 e. The standard InChI is InChI=1S/C15H17NO3/c1-10-7-11(2)14(18-3)13(8-10)15(17)16-9-12-5-4-6-19-12/h4-8H,9H2,1-3H3,(H,16,17). The summed E-state index contributed by atoms with van der Waals surface area (Å²) in [6, 6.07) is 7.42. The van der Waals surface area contributed by atoms with E-state index in [1.165, 1.54) is 0 Å². The van der Waals surface area contributed by atoms with E-state index in [2.05, 4.69) is 5.32 Å². The number of aryl methyl sites for hydroxylation is 2. The van der Waals surface area contributed by atoms with Crippen molar-refractivity contribution in [3.8, 4) is 5.75 Å². The van der Waals surface area contributed by atoms with Crippen LogP contribution in [0.15, 0.2) is 34.9 Å². The molecule has 0 bridgehead atoms. The van der Waals surface area contributed by atoms with Gasteiger partial charge in [0.1, 0.15) is 11.5 Å². The molecule has 1 amide bonds. The number of nitrogens with one attached hydrogen (secondary N) is 1. The molecule has 0 aliphatic carbocycles. The molecule has 2 rings (SSSR count). The summed E-state index contributed by atoms with van der Waals surface area (Å²) in [6.45, 7) is 4.24. The summed E-state index contributed by atoms with van der Waals surface area (Å²) >= 11 is 0. The predicted molar refractivity (Wildman–Crippen MR) is 72.3 cm³/mol. The SMILES string of the molecule is COc1c(C)cc(C)cc1C(=O)NCc1ccco1. The molecule has 1 aromatic carbocycles. The molecule has 0 aliphatic heterocycles. The van der Waals surface area contributed by atoms with Crippen LogP contribution in [0.2, 0.25) is 0 Å². The fraction of sp³-hybridized carbons (Fsp3) is 0.267. The van der Waals surface area contributed by atoms with Crippen molar-refractivity contribution < 1.29 is 13.9 Å². The van der Waals surface area contributed by atoms with Gasteiger partial charge in [0.15, 0.2) is 0 Å². The highest BCUT2D eigenvalue weighted by Gasteiger charge is 2.15. The third-order valence-electron chi connectivity index (χ3n) is 2.87. The lowest BCUT2D eigenvalue weighted by molar-refractivity contribution is 0.0944. The van der Waals surface area contributed by atoms with Crippen LogP contribution >= 0.6 is 0 Å². The molecule has 0 atom stereocenters. The quantitative estimate of drug-likeness (QED) is 0.918. The van der Waals surface area contributed by atoms with Gasteiger partial charge in [0, 0.05) is 0 Å². The van der Waals surface area contributed by atoms with Gasteiger partial charge in [-0.1, -0.05) is 6.07 Å². The molecule has 0 fully saturated rings. The summed E-state index contributed by atoms with van der Waals surface area (Å²) in [5.41, 5.74) is 2.53. The van der Waals surface area contributed by atoms with Crippen molar-refractivity contribution in [1.29, 1.82) is 0 Å². The van der Waals surface area contributed by atoms with Crippen molar-refractivity contribution in [2.45, 2.75) is 20.4 Å². The van der Waals surface area contributed by atoms with Gasteiger partial charge in [0.2, 0.25) is 0 Å². The van der Waals surface area contributed by atoms with E-state index in [4.69, 9.17) is 9.15 Å². The number of carbonyl (C=O) groups excluding carboxylic acids is 1. The summed E-state index contributed by atoms with van der Waals surface area (Å²) in [7, 11) is 1.57. The molecule has 1 N–H and O–H groups in total. The lowest BCUT2D eigenvalue weighted by atomic mass is 10.0. The lowest BCUT2D eigenvalue weighted by Gasteiger charge is -2.12. The summed E-state index contributed by atoms with van der Waals surface area (Å²) in [4.78, 5) is 12.2. The Kier molecular flexibility index (Phi) is 3.90. The van der Waals surface area contributed by atoms with Crippen molar-refractivity contribution >= 4 is 5.91 Å². The summed E-state index contributed by atoms with van der Waals surface area (Å²) < 4.78 is 10.5. The van der Waals surface area contributed by atoms with Gasteiger partial charge in [-0.3, -0.25) is 4.79 Å². The van der Waals surface area contributed by atoms with Gasteiger partial charge in [-0.05, 0) is 43.2 Å². The topological polar surface area (TPSA) is 51.5 Å². The van der Waals surface area contributed by atoms with Crippen LogP contribution in [0.3, 0.4) is 0 Å². The molecule has 0 aliphatic rings. The Morgan fingerprint density at radius 3 is 2.79 bits per heavy atom. The minimum atomic E-state index is -0.167. The second-order valence-electron chi connectivity index (χ2n) is 4.42. The van der Waals surface area contributed by atoms with E-state index < -0.39 is 0 Å². The molecule has 0 saturated carbocycles. The fourth-order valence-electron chi connectivity index (χ4n) is 2.07. The van der Waals surface area contributed by atoms with Crippen molar-refractivity contribution in [3.63, 3.8) is 0 Å². The number of ether oxygens (including phenoxy) is 1. The minimum Gasteiger partial charge on any atom is -0.496 e. The zero-order chi connectivity index (χ0) is 13.8. The summed E-state index contributed by atoms with van der Waals surface area (Å²) in [6.07, 6.45) is 1.58. The lowest BCUT2D eigenvalue weighted by Crippen LogP contribution is -2.23. The smallest absolute Gasteiger partial charge is 0.255 e. The predicted octanol–water partition coefficient (Wildman–Crippen LogP) is 2.84. The number of hydrogen-bond donors (Lipinski definition) is 1. The Morgan fingerprint density at radius 1 is 1.37 bits per heavy atom. The van der Waals surface area contributed by atoms with Crippen LogP contribution in [0.4, 0.5) is 0 Å². The second-order valence-corrected chi connectivity index (χ2v) is 4.42. The van der Waals surface area contributed by atoms with Gasteiger partial charge in [-0.25, -0.2) is 0 Å². The molecule has 19 heavy (non-hydrogen) atoms. The molecule has 1 heterocycles. The van der Waals surface area contributed by atoms with Crippen molar-refractivity contribution in [2.75, 3.05) is 7.11 Å². The first-order valence-electron chi connectivity index (χ1n) is 6.07. The van der Waals surface area contributed by atoms with E-state index in [0.717, 1.165) is 16.9 Å². The van der Waals surface area contributed by atoms with Crippen LogP contribution in [-0.4, -0.2) is 13.0 Å². The highest BCUT2D eigenvalue weighted by Crippen LogP contribution is 2.25. The zero-order valence-corrected chi connectivity index (χ0v) is 11.3. The van der Waals surface area contributed by atoms with E-state index in [9.17, 15) is 4.79 Å². The number of furan rings is 1. The van der Waals surface area contributed by atoms with Gasteiger partial charge in [-0.15, -0.1) is 0 Å². The van der Waals surface area contributed by atoms with E-state index >= 15 is 0 Å². The first kappa shape index (κ1) is 13.2. The van der Waals surface area contributed by atoms with Crippen LogP contribution in [-0.2, 0) is 6.54 Å². The molecule has 0 unspecified atom stereocenters. The van der Waals surface area contributed by atoms with Crippen molar-refractivity contribution in [3.05, 3.63) is 53.0 Å². The zero-order valence-electron chi connectivity index (χ0n) is 11.3. The number of benzene rings is 1. The molecule has 4 nitrogen and oxygen atoms in total. The molecule has 100 valence electrons. The van der Waals surface area contributed by atoms with Crippen molar-refractivity contribution in [1.82, 2.24) is 5.32 Å². The summed E-state index contributed by atoms with van der Waals surface area (Å²) in [5, 5.41) is 2.82. The average molecular weight is 259 g/mol. The Bertz CT molecular complexity index is 573. The van der Waals surface area contributed by atoms with Crippen LogP contribution in [0, 0.1) is 13.8 Å². The maximum atomic E-state index is 12.2. The highest BCUT2D eigenvalue weighted by atomic mass is 16.5. The molecular formula is C15H17NO3. The third-order valence-corrected chi connectivity index (χ3v) is 2.87. The number of rotatable bonds is 4. The first-order valence-corrected chi connectivity index (χ1v) is 6.07. The Labute approximate surface area is 112 Å². The maximum absolute atomic E-state index is 12.2. The van der Waals surface area contributed by atoms with E-state index in [1.54, 1.807) is 19.4 Å². The molecule has 0 saturated heterocycles. The first-order chi connectivity index (χ1) is 9.11. The second kappa shape index (κ2) is 5.61. The van der Waals surface area contributed by atoms with Crippen LogP contribution < -0.4 is 10.1 Å². The molecule has 2 aromatic rings. The number of methoxy groups -OCH3 is 1. The normalized spacial score (nSPS) is 10.3. The molecule has 4 heteroatoms.